The molecule has 4 aromatic rings. The van der Waals surface area contributed by atoms with Crippen molar-refractivity contribution in [2.24, 2.45) is 0 Å². The first kappa shape index (κ1) is 20.5. The van der Waals surface area contributed by atoms with E-state index in [4.69, 9.17) is 4.74 Å². The molecule has 0 atom stereocenters. The molecular formula is C24H19N3O3S. The van der Waals surface area contributed by atoms with E-state index in [0.717, 1.165) is 20.8 Å². The average molecular weight is 430 g/mol. The van der Waals surface area contributed by atoms with Gasteiger partial charge in [0.15, 0.2) is 0 Å². The van der Waals surface area contributed by atoms with Crippen molar-refractivity contribution in [1.29, 1.82) is 5.26 Å². The smallest absolute Gasteiger partial charge is 0.339 e. The van der Waals surface area contributed by atoms with E-state index in [0.29, 0.717) is 24.1 Å². The molecule has 0 aliphatic carbocycles. The first-order valence-electron chi connectivity index (χ1n) is 9.78. The van der Waals surface area contributed by atoms with Crippen molar-refractivity contribution in [3.8, 4) is 6.07 Å². The number of carbonyl (C=O) groups is 1. The van der Waals surface area contributed by atoms with Crippen molar-refractivity contribution < 1.29 is 9.53 Å². The van der Waals surface area contributed by atoms with Gasteiger partial charge in [0.05, 0.1) is 28.8 Å². The van der Waals surface area contributed by atoms with Crippen LogP contribution in [0.5, 0.6) is 0 Å². The standard InChI is InChI=1S/C24H19N3O3S/c25-16-17-8-1-5-12-21(17)31-22-13-6-2-9-18(22)23(28)30-15-7-14-27-20-11-4-3-10-19(20)26-24(27)29/h1-6,8-13H,7,14-15H2,(H,26,29). The van der Waals surface area contributed by atoms with Gasteiger partial charge in [-0.1, -0.05) is 48.2 Å². The number of esters is 1. The number of nitriles is 1. The molecule has 0 amide bonds. The monoisotopic (exact) mass is 429 g/mol. The van der Waals surface area contributed by atoms with Crippen LogP contribution in [0.2, 0.25) is 0 Å². The molecule has 1 heterocycles. The van der Waals surface area contributed by atoms with Gasteiger partial charge in [0.25, 0.3) is 0 Å². The van der Waals surface area contributed by atoms with Crippen LogP contribution in [0.1, 0.15) is 22.3 Å². The van der Waals surface area contributed by atoms with Crippen LogP contribution in [-0.2, 0) is 11.3 Å². The number of hydrogen-bond donors (Lipinski definition) is 1. The average Bonchev–Trinajstić information content (AvgIpc) is 3.12. The van der Waals surface area contributed by atoms with Gasteiger partial charge in [-0.05, 0) is 42.8 Å². The Labute approximate surface area is 183 Å². The van der Waals surface area contributed by atoms with Crippen LogP contribution in [-0.4, -0.2) is 22.1 Å². The summed E-state index contributed by atoms with van der Waals surface area (Å²) in [6, 6.07) is 24.1. The summed E-state index contributed by atoms with van der Waals surface area (Å²) in [4.78, 5) is 29.1. The molecule has 0 saturated heterocycles. The Morgan fingerprint density at radius 3 is 2.55 bits per heavy atom. The number of hydrogen-bond acceptors (Lipinski definition) is 5. The van der Waals surface area contributed by atoms with Crippen LogP contribution >= 0.6 is 11.8 Å². The largest absolute Gasteiger partial charge is 0.462 e. The van der Waals surface area contributed by atoms with Gasteiger partial charge >= 0.3 is 11.7 Å². The summed E-state index contributed by atoms with van der Waals surface area (Å²) in [5, 5.41) is 9.30. The normalized spacial score (nSPS) is 10.7. The Kier molecular flexibility index (Phi) is 6.20. The first-order valence-corrected chi connectivity index (χ1v) is 10.6. The zero-order valence-corrected chi connectivity index (χ0v) is 17.4. The third-order valence-corrected chi connectivity index (χ3v) is 5.93. The van der Waals surface area contributed by atoms with Gasteiger partial charge in [0.1, 0.15) is 6.07 Å². The number of nitrogens with one attached hydrogen (secondary N) is 1. The predicted molar refractivity (Wildman–Crippen MR) is 119 cm³/mol. The molecule has 0 aliphatic heterocycles. The predicted octanol–water partition coefficient (Wildman–Crippen LogP) is 4.60. The number of para-hydroxylation sites is 2. The highest BCUT2D eigenvalue weighted by Crippen LogP contribution is 2.32. The maximum absolute atomic E-state index is 12.7. The van der Waals surface area contributed by atoms with Crippen LogP contribution in [0, 0.1) is 11.3 Å². The van der Waals surface area contributed by atoms with Crippen molar-refractivity contribution in [3.05, 3.63) is 94.4 Å². The Morgan fingerprint density at radius 2 is 1.71 bits per heavy atom. The quantitative estimate of drug-likeness (QED) is 0.343. The van der Waals surface area contributed by atoms with E-state index in [2.05, 4.69) is 11.1 Å². The molecule has 0 unspecified atom stereocenters. The lowest BCUT2D eigenvalue weighted by molar-refractivity contribution is 0.0492. The number of fused-ring (bicyclic) bond motifs is 1. The summed E-state index contributed by atoms with van der Waals surface area (Å²) in [7, 11) is 0. The topological polar surface area (TPSA) is 87.9 Å². The van der Waals surface area contributed by atoms with E-state index in [1.165, 1.54) is 11.8 Å². The summed E-state index contributed by atoms with van der Waals surface area (Å²) < 4.78 is 7.12. The van der Waals surface area contributed by atoms with E-state index in [1.54, 1.807) is 22.8 Å². The summed E-state index contributed by atoms with van der Waals surface area (Å²) in [6.07, 6.45) is 0.514. The van der Waals surface area contributed by atoms with Crippen LogP contribution in [0.3, 0.4) is 0 Å². The molecule has 3 aromatic carbocycles. The van der Waals surface area contributed by atoms with Crippen LogP contribution < -0.4 is 5.69 Å². The van der Waals surface area contributed by atoms with Gasteiger partial charge < -0.3 is 9.72 Å². The fraction of sp³-hybridized carbons (Fsp3) is 0.125. The molecule has 4 rings (SSSR count). The first-order chi connectivity index (χ1) is 15.2. The third kappa shape index (κ3) is 4.55. The Balaban J connectivity index is 1.41. The summed E-state index contributed by atoms with van der Waals surface area (Å²) in [5.74, 6) is -0.427. The summed E-state index contributed by atoms with van der Waals surface area (Å²) >= 11 is 1.36. The number of ether oxygens (including phenoxy) is 1. The zero-order chi connectivity index (χ0) is 21.6. The Morgan fingerprint density at radius 1 is 1.00 bits per heavy atom. The fourth-order valence-electron chi connectivity index (χ4n) is 3.28. The third-order valence-electron chi connectivity index (χ3n) is 4.78. The van der Waals surface area contributed by atoms with Crippen molar-refractivity contribution in [2.45, 2.75) is 22.8 Å². The van der Waals surface area contributed by atoms with Crippen molar-refractivity contribution in [3.63, 3.8) is 0 Å². The van der Waals surface area contributed by atoms with Gasteiger partial charge in [-0.25, -0.2) is 9.59 Å². The maximum atomic E-state index is 12.7. The number of H-pyrrole nitrogens is 1. The second-order valence-electron chi connectivity index (χ2n) is 6.79. The minimum Gasteiger partial charge on any atom is -0.462 e. The van der Waals surface area contributed by atoms with Gasteiger partial charge in [-0.2, -0.15) is 5.26 Å². The van der Waals surface area contributed by atoms with Crippen molar-refractivity contribution in [2.75, 3.05) is 6.61 Å². The SMILES string of the molecule is N#Cc1ccccc1Sc1ccccc1C(=O)OCCCn1c(=O)[nH]c2ccccc21. The zero-order valence-electron chi connectivity index (χ0n) is 16.6. The number of aryl methyl sites for hydroxylation is 1. The lowest BCUT2D eigenvalue weighted by Gasteiger charge is -2.10. The van der Waals surface area contributed by atoms with Gasteiger partial charge in [-0.15, -0.1) is 0 Å². The molecule has 0 bridgehead atoms. The molecule has 7 heteroatoms. The number of rotatable bonds is 7. The van der Waals surface area contributed by atoms with Gasteiger partial charge in [0.2, 0.25) is 0 Å². The number of benzene rings is 3. The molecule has 154 valence electrons. The molecule has 0 spiro atoms. The molecule has 1 aromatic heterocycles. The molecule has 0 radical (unpaired) electrons. The fourth-order valence-corrected chi connectivity index (χ4v) is 4.30. The second kappa shape index (κ2) is 9.37. The summed E-state index contributed by atoms with van der Waals surface area (Å²) in [6.45, 7) is 0.640. The number of nitrogens with zero attached hydrogens (tertiary/aromatic N) is 2. The second-order valence-corrected chi connectivity index (χ2v) is 7.88. The van der Waals surface area contributed by atoms with E-state index >= 15 is 0 Å². The van der Waals surface area contributed by atoms with Crippen LogP contribution in [0.25, 0.3) is 11.0 Å². The molecule has 0 fully saturated rings. The number of aromatic amines is 1. The van der Waals surface area contributed by atoms with Crippen LogP contribution in [0.15, 0.2) is 87.4 Å². The van der Waals surface area contributed by atoms with Crippen molar-refractivity contribution in [1.82, 2.24) is 9.55 Å². The van der Waals surface area contributed by atoms with Crippen LogP contribution in [0.4, 0.5) is 0 Å². The van der Waals surface area contributed by atoms with E-state index in [-0.39, 0.29) is 12.3 Å². The summed E-state index contributed by atoms with van der Waals surface area (Å²) in [5.41, 5.74) is 2.44. The van der Waals surface area contributed by atoms with E-state index in [9.17, 15) is 14.9 Å². The van der Waals surface area contributed by atoms with E-state index in [1.807, 2.05) is 54.6 Å². The lowest BCUT2D eigenvalue weighted by Crippen LogP contribution is -2.18. The highest BCUT2D eigenvalue weighted by molar-refractivity contribution is 7.99. The lowest BCUT2D eigenvalue weighted by atomic mass is 10.2. The van der Waals surface area contributed by atoms with Gasteiger partial charge in [-0.3, -0.25) is 4.57 Å². The minimum atomic E-state index is -0.427. The highest BCUT2D eigenvalue weighted by atomic mass is 32.2. The number of aromatic nitrogens is 2. The highest BCUT2D eigenvalue weighted by Gasteiger charge is 2.15. The minimum absolute atomic E-state index is 0.176. The Bertz CT molecular complexity index is 1330. The number of carbonyl (C=O) groups excluding carboxylic acids is 1. The molecule has 0 aliphatic rings. The molecule has 0 saturated carbocycles. The molecule has 1 N–H and O–H groups in total. The number of imidazole rings is 1. The van der Waals surface area contributed by atoms with E-state index < -0.39 is 5.97 Å². The van der Waals surface area contributed by atoms with Gasteiger partial charge in [0, 0.05) is 16.3 Å². The molecular weight excluding hydrogens is 410 g/mol. The molecule has 31 heavy (non-hydrogen) atoms. The maximum Gasteiger partial charge on any atom is 0.339 e. The van der Waals surface area contributed by atoms with Crippen molar-refractivity contribution >= 4 is 28.8 Å². The Hall–Kier alpha value is -3.76. The molecule has 6 nitrogen and oxygen atoms in total.